The second-order valence-corrected chi connectivity index (χ2v) is 8.83. The minimum Gasteiger partial charge on any atom is -0.383 e. The first-order chi connectivity index (χ1) is 18.4. The molecule has 0 aliphatic carbocycles. The van der Waals surface area contributed by atoms with E-state index in [0.29, 0.717) is 36.2 Å². The Kier molecular flexibility index (Phi) is 6.53. The fraction of sp³-hybridized carbons (Fsp3) is 0.185. The van der Waals surface area contributed by atoms with Crippen LogP contribution in [-0.2, 0) is 4.79 Å². The lowest BCUT2D eigenvalue weighted by Crippen LogP contribution is -2.40. The molecule has 10 nitrogen and oxygen atoms in total. The van der Waals surface area contributed by atoms with Gasteiger partial charge in [0.1, 0.15) is 29.2 Å². The number of carbonyl (C=O) groups is 2. The molecular formula is C27H23FN8O2. The van der Waals surface area contributed by atoms with Crippen molar-refractivity contribution in [3.05, 3.63) is 78.4 Å². The summed E-state index contributed by atoms with van der Waals surface area (Å²) in [6.45, 7) is 4.50. The maximum atomic E-state index is 15.5. The number of carbonyl (C=O) groups excluding carboxylic acids is 2. The molecule has 1 fully saturated rings. The third-order valence-electron chi connectivity index (χ3n) is 6.50. The number of piperidine rings is 1. The fourth-order valence-electron chi connectivity index (χ4n) is 4.69. The lowest BCUT2D eigenvalue weighted by atomic mass is 10.0. The lowest BCUT2D eigenvalue weighted by molar-refractivity contribution is -0.127. The molecule has 0 saturated carbocycles. The number of nitrogen functional groups attached to an aromatic ring is 1. The van der Waals surface area contributed by atoms with Gasteiger partial charge in [-0.15, -0.1) is 0 Å². The number of nitrogens with two attached hydrogens (primary N) is 1. The predicted octanol–water partition coefficient (Wildman–Crippen LogP) is 3.69. The number of nitrogens with zero attached hydrogens (tertiary/aromatic N) is 6. The summed E-state index contributed by atoms with van der Waals surface area (Å²) in [6, 6.07) is 10.9. The monoisotopic (exact) mass is 510 g/mol. The van der Waals surface area contributed by atoms with Gasteiger partial charge in [0.25, 0.3) is 5.91 Å². The fourth-order valence-corrected chi connectivity index (χ4v) is 4.69. The van der Waals surface area contributed by atoms with Crippen LogP contribution in [0.2, 0.25) is 0 Å². The molecule has 38 heavy (non-hydrogen) atoms. The summed E-state index contributed by atoms with van der Waals surface area (Å²) >= 11 is 0. The van der Waals surface area contributed by atoms with Crippen molar-refractivity contribution in [3.8, 4) is 17.3 Å². The van der Waals surface area contributed by atoms with Crippen molar-refractivity contribution in [1.29, 1.82) is 5.26 Å². The van der Waals surface area contributed by atoms with E-state index < -0.39 is 11.7 Å². The molecule has 3 aromatic heterocycles. The number of benzene rings is 1. The average molecular weight is 511 g/mol. The van der Waals surface area contributed by atoms with Gasteiger partial charge in [-0.2, -0.15) is 10.4 Å². The zero-order chi connectivity index (χ0) is 26.8. The van der Waals surface area contributed by atoms with Gasteiger partial charge in [-0.1, -0.05) is 12.6 Å². The van der Waals surface area contributed by atoms with Gasteiger partial charge in [-0.25, -0.2) is 14.4 Å². The summed E-state index contributed by atoms with van der Waals surface area (Å²) < 4.78 is 17.2. The van der Waals surface area contributed by atoms with E-state index in [4.69, 9.17) is 10.8 Å². The molecule has 0 spiro atoms. The quantitative estimate of drug-likeness (QED) is 0.390. The minimum absolute atomic E-state index is 0.0893. The molecular weight excluding hydrogens is 487 g/mol. The molecule has 3 N–H and O–H groups in total. The van der Waals surface area contributed by atoms with Gasteiger partial charge in [-0.3, -0.25) is 14.3 Å². The first-order valence-corrected chi connectivity index (χ1v) is 11.9. The Morgan fingerprint density at radius 3 is 2.82 bits per heavy atom. The Hall–Kier alpha value is -5.11. The molecule has 11 heteroatoms. The van der Waals surface area contributed by atoms with Gasteiger partial charge in [0.15, 0.2) is 0 Å². The standard InChI is InChI=1S/C27H23FN8O2/c1-2-22(37)35-11-5-6-18(15-35)36-25-17(13-29)14-32-26(30)23(25)24(34-36)19-9-8-16(12-20(19)28)27(38)33-21-7-3-4-10-31-21/h2-4,7-10,12,14,18H,1,5-6,11,15H2,(H2,30,32)(H,31,33,38)/t18-/m1/s1. The maximum Gasteiger partial charge on any atom is 0.256 e. The Balaban J connectivity index is 1.58. The Bertz CT molecular complexity index is 1610. The van der Waals surface area contributed by atoms with Crippen LogP contribution >= 0.6 is 0 Å². The van der Waals surface area contributed by atoms with Gasteiger partial charge in [0.05, 0.1) is 22.5 Å². The molecule has 190 valence electrons. The molecule has 0 radical (unpaired) electrons. The Morgan fingerprint density at radius 1 is 1.26 bits per heavy atom. The molecule has 5 rings (SSSR count). The van der Waals surface area contributed by atoms with Crippen LogP contribution in [0, 0.1) is 17.1 Å². The molecule has 1 atom stereocenters. The predicted molar refractivity (Wildman–Crippen MR) is 139 cm³/mol. The van der Waals surface area contributed by atoms with E-state index >= 15 is 4.39 Å². The number of hydrogen-bond donors (Lipinski definition) is 2. The summed E-state index contributed by atoms with van der Waals surface area (Å²) in [4.78, 5) is 34.8. The van der Waals surface area contributed by atoms with E-state index in [9.17, 15) is 14.9 Å². The zero-order valence-electron chi connectivity index (χ0n) is 20.3. The van der Waals surface area contributed by atoms with Crippen LogP contribution in [0.25, 0.3) is 22.2 Å². The largest absolute Gasteiger partial charge is 0.383 e. The van der Waals surface area contributed by atoms with Gasteiger partial charge in [0, 0.05) is 36.6 Å². The normalized spacial score (nSPS) is 15.2. The second-order valence-electron chi connectivity index (χ2n) is 8.83. The summed E-state index contributed by atoms with van der Waals surface area (Å²) in [6.07, 6.45) is 5.57. The van der Waals surface area contributed by atoms with E-state index in [1.807, 2.05) is 0 Å². The third kappa shape index (κ3) is 4.43. The SMILES string of the molecule is C=CC(=O)N1CCC[C@@H](n2nc(-c3ccc(C(=O)Nc4ccccn4)cc3F)c3c(N)ncc(C#N)c32)C1. The van der Waals surface area contributed by atoms with Crippen molar-refractivity contribution in [3.63, 3.8) is 0 Å². The van der Waals surface area contributed by atoms with Crippen LogP contribution in [-0.4, -0.2) is 49.6 Å². The summed E-state index contributed by atoms with van der Waals surface area (Å²) in [5.41, 5.74) is 7.27. The zero-order valence-corrected chi connectivity index (χ0v) is 20.3. The van der Waals surface area contributed by atoms with Crippen LogP contribution in [0.4, 0.5) is 16.0 Å². The van der Waals surface area contributed by atoms with E-state index in [1.54, 1.807) is 27.8 Å². The lowest BCUT2D eigenvalue weighted by Gasteiger charge is -2.32. The van der Waals surface area contributed by atoms with E-state index in [2.05, 4.69) is 27.9 Å². The summed E-state index contributed by atoms with van der Waals surface area (Å²) in [5.74, 6) is -0.984. The smallest absolute Gasteiger partial charge is 0.256 e. The highest BCUT2D eigenvalue weighted by Crippen LogP contribution is 2.37. The van der Waals surface area contributed by atoms with Crippen LogP contribution in [0.5, 0.6) is 0 Å². The van der Waals surface area contributed by atoms with Crippen LogP contribution in [0.1, 0.15) is 34.8 Å². The van der Waals surface area contributed by atoms with Crippen molar-refractivity contribution < 1.29 is 14.0 Å². The molecule has 1 aliphatic heterocycles. The molecule has 2 amide bonds. The molecule has 4 aromatic rings. The number of anilines is 2. The van der Waals surface area contributed by atoms with Gasteiger partial charge >= 0.3 is 0 Å². The number of halogens is 1. The van der Waals surface area contributed by atoms with Crippen molar-refractivity contribution in [2.75, 3.05) is 24.1 Å². The highest BCUT2D eigenvalue weighted by Gasteiger charge is 2.29. The summed E-state index contributed by atoms with van der Waals surface area (Å²) in [7, 11) is 0. The van der Waals surface area contributed by atoms with Gasteiger partial charge < -0.3 is 16.0 Å². The van der Waals surface area contributed by atoms with E-state index in [-0.39, 0.29) is 40.2 Å². The number of nitriles is 1. The van der Waals surface area contributed by atoms with Gasteiger partial charge in [-0.05, 0) is 49.2 Å². The molecule has 1 aromatic carbocycles. The number of rotatable bonds is 5. The first kappa shape index (κ1) is 24.6. The van der Waals surface area contributed by atoms with E-state index in [0.717, 1.165) is 12.5 Å². The molecule has 1 aliphatic rings. The number of fused-ring (bicyclic) bond motifs is 1. The number of amides is 2. The maximum absolute atomic E-state index is 15.5. The number of likely N-dealkylation sites (tertiary alicyclic amines) is 1. The van der Waals surface area contributed by atoms with Crippen molar-refractivity contribution >= 4 is 34.4 Å². The number of pyridine rings is 2. The van der Waals surface area contributed by atoms with Crippen LogP contribution in [0.3, 0.4) is 0 Å². The topological polar surface area (TPSA) is 143 Å². The highest BCUT2D eigenvalue weighted by atomic mass is 19.1. The molecule has 0 unspecified atom stereocenters. The van der Waals surface area contributed by atoms with Crippen LogP contribution in [0.15, 0.2) is 61.4 Å². The average Bonchev–Trinajstić information content (AvgIpc) is 3.35. The highest BCUT2D eigenvalue weighted by molar-refractivity contribution is 6.05. The minimum atomic E-state index is -0.695. The van der Waals surface area contributed by atoms with Crippen molar-refractivity contribution in [2.24, 2.45) is 0 Å². The third-order valence-corrected chi connectivity index (χ3v) is 6.50. The Labute approximate surface area is 217 Å². The second kappa shape index (κ2) is 10.1. The van der Waals surface area contributed by atoms with Crippen molar-refractivity contribution in [1.82, 2.24) is 24.6 Å². The van der Waals surface area contributed by atoms with Gasteiger partial charge in [0.2, 0.25) is 5.91 Å². The number of hydrogen-bond acceptors (Lipinski definition) is 7. The molecule has 1 saturated heterocycles. The Morgan fingerprint density at radius 2 is 2.11 bits per heavy atom. The summed E-state index contributed by atoms with van der Waals surface area (Å²) in [5, 5.41) is 17.5. The number of nitrogens with one attached hydrogen (secondary N) is 1. The first-order valence-electron chi connectivity index (χ1n) is 11.9. The molecule has 0 bridgehead atoms. The molecule has 4 heterocycles. The van der Waals surface area contributed by atoms with Crippen LogP contribution < -0.4 is 11.1 Å². The number of aromatic nitrogens is 4. The van der Waals surface area contributed by atoms with E-state index in [1.165, 1.54) is 30.6 Å². The van der Waals surface area contributed by atoms with Crippen molar-refractivity contribution in [2.45, 2.75) is 18.9 Å².